The number of nitrogens with one attached hydrogen (secondary N) is 2. The van der Waals surface area contributed by atoms with Crippen molar-refractivity contribution in [1.82, 2.24) is 10.6 Å². The van der Waals surface area contributed by atoms with Gasteiger partial charge in [-0.1, -0.05) is 12.2 Å². The zero-order valence-electron chi connectivity index (χ0n) is 26.9. The third-order valence-electron chi connectivity index (χ3n) is 8.09. The number of hydrogen-bond donors (Lipinski definition) is 2. The fourth-order valence-electron chi connectivity index (χ4n) is 5.64. The molecule has 4 aliphatic heterocycles. The Labute approximate surface area is 283 Å². The molecule has 6 rings (SSSR count). The highest BCUT2D eigenvalue weighted by atomic mass is 32.1. The SMILES string of the molecule is CC(=O)NC[C@H]1CN(c2ccc(N3CCOCC3)c(F)c2)C(=O)O1.CC(=S)NC[C@H]1CN(c2ccc(N3CCOCC3)c(F)c2)C(=O)O1. The molecule has 0 radical (unpaired) electrons. The number of anilines is 4. The average Bonchev–Trinajstić information content (AvgIpc) is 3.65. The van der Waals surface area contributed by atoms with Crippen molar-refractivity contribution in [1.29, 1.82) is 0 Å². The summed E-state index contributed by atoms with van der Waals surface area (Å²) in [7, 11) is 0. The Hall–Kier alpha value is -4.28. The molecule has 2 N–H and O–H groups in total. The van der Waals surface area contributed by atoms with Crippen LogP contribution < -0.4 is 30.2 Å². The molecular weight excluding hydrogens is 650 g/mol. The number of thiocarbonyl (C=S) groups is 1. The minimum absolute atomic E-state index is 0.189. The number of rotatable bonds is 8. The smallest absolute Gasteiger partial charge is 0.414 e. The second kappa shape index (κ2) is 16.2. The number of amides is 3. The lowest BCUT2D eigenvalue weighted by atomic mass is 10.2. The summed E-state index contributed by atoms with van der Waals surface area (Å²) < 4.78 is 49.9. The normalized spacial score (nSPS) is 20.9. The maximum atomic E-state index is 14.5. The van der Waals surface area contributed by atoms with E-state index in [0.29, 0.717) is 93.4 Å². The van der Waals surface area contributed by atoms with Gasteiger partial charge in [-0.25, -0.2) is 18.4 Å². The van der Waals surface area contributed by atoms with Gasteiger partial charge in [0.05, 0.1) is 80.3 Å². The van der Waals surface area contributed by atoms with E-state index in [0.717, 1.165) is 0 Å². The molecule has 4 saturated heterocycles. The van der Waals surface area contributed by atoms with Crippen molar-refractivity contribution in [3.05, 3.63) is 48.0 Å². The Morgan fingerprint density at radius 3 is 1.54 bits per heavy atom. The molecular formula is C32H40F2N6O7S. The predicted octanol–water partition coefficient (Wildman–Crippen LogP) is 3.05. The lowest BCUT2D eigenvalue weighted by Gasteiger charge is -2.29. The molecule has 4 aliphatic rings. The molecule has 2 aromatic rings. The van der Waals surface area contributed by atoms with Crippen LogP contribution in [0.4, 0.5) is 41.1 Å². The average molecular weight is 691 g/mol. The molecule has 3 amide bonds. The summed E-state index contributed by atoms with van der Waals surface area (Å²) >= 11 is 4.95. The molecule has 0 unspecified atom stereocenters. The van der Waals surface area contributed by atoms with Crippen molar-refractivity contribution in [3.63, 3.8) is 0 Å². The highest BCUT2D eigenvalue weighted by molar-refractivity contribution is 7.80. The second-order valence-corrected chi connectivity index (χ2v) is 12.2. The summed E-state index contributed by atoms with van der Waals surface area (Å²) in [4.78, 5) is 42.3. The van der Waals surface area contributed by atoms with Crippen molar-refractivity contribution < 1.29 is 42.1 Å². The number of carbonyl (C=O) groups is 3. The van der Waals surface area contributed by atoms with Crippen molar-refractivity contribution in [2.24, 2.45) is 0 Å². The van der Waals surface area contributed by atoms with Gasteiger partial charge in [0.2, 0.25) is 5.91 Å². The Balaban J connectivity index is 0.000000188. The predicted molar refractivity (Wildman–Crippen MR) is 179 cm³/mol. The summed E-state index contributed by atoms with van der Waals surface area (Å²) in [5, 5.41) is 5.59. The van der Waals surface area contributed by atoms with Gasteiger partial charge in [0.25, 0.3) is 0 Å². The molecule has 4 fully saturated rings. The van der Waals surface area contributed by atoms with Crippen LogP contribution in [0.1, 0.15) is 13.8 Å². The molecule has 0 saturated carbocycles. The number of carbonyl (C=O) groups excluding carboxylic acids is 3. The first-order valence-electron chi connectivity index (χ1n) is 15.8. The minimum atomic E-state index is -0.538. The lowest BCUT2D eigenvalue weighted by Crippen LogP contribution is -2.36. The quantitative estimate of drug-likeness (QED) is 0.398. The molecule has 13 nitrogen and oxygen atoms in total. The van der Waals surface area contributed by atoms with E-state index in [1.165, 1.54) is 28.9 Å². The number of nitrogens with zero attached hydrogens (tertiary/aromatic N) is 4. The summed E-state index contributed by atoms with van der Waals surface area (Å²) in [5.74, 6) is -0.920. The first-order chi connectivity index (χ1) is 23.1. The largest absolute Gasteiger partial charge is 0.442 e. The van der Waals surface area contributed by atoms with E-state index in [4.69, 9.17) is 31.2 Å². The fraction of sp³-hybridized carbons (Fsp3) is 0.500. The van der Waals surface area contributed by atoms with Crippen molar-refractivity contribution in [3.8, 4) is 0 Å². The Kier molecular flexibility index (Phi) is 11.8. The molecule has 2 atom stereocenters. The molecule has 0 spiro atoms. The van der Waals surface area contributed by atoms with Crippen LogP contribution in [-0.4, -0.2) is 114 Å². The molecule has 0 aromatic heterocycles. The first kappa shape index (κ1) is 35.0. The van der Waals surface area contributed by atoms with E-state index in [1.807, 2.05) is 9.80 Å². The van der Waals surface area contributed by atoms with Gasteiger partial charge in [-0.3, -0.25) is 14.6 Å². The topological polar surface area (TPSA) is 125 Å². The van der Waals surface area contributed by atoms with E-state index >= 15 is 0 Å². The van der Waals surface area contributed by atoms with Crippen LogP contribution in [0, 0.1) is 11.6 Å². The van der Waals surface area contributed by atoms with E-state index in [2.05, 4.69) is 10.6 Å². The van der Waals surface area contributed by atoms with Crippen molar-refractivity contribution in [2.45, 2.75) is 26.1 Å². The molecule has 48 heavy (non-hydrogen) atoms. The first-order valence-corrected chi connectivity index (χ1v) is 16.2. The van der Waals surface area contributed by atoms with Gasteiger partial charge < -0.3 is 39.4 Å². The number of hydrogen-bond acceptors (Lipinski definition) is 10. The van der Waals surface area contributed by atoms with Crippen LogP contribution in [0.15, 0.2) is 36.4 Å². The highest BCUT2D eigenvalue weighted by Gasteiger charge is 2.34. The second-order valence-electron chi connectivity index (χ2n) is 11.6. The Morgan fingerprint density at radius 1 is 0.750 bits per heavy atom. The molecule has 0 aliphatic carbocycles. The maximum Gasteiger partial charge on any atom is 0.414 e. The summed E-state index contributed by atoms with van der Waals surface area (Å²) in [6, 6.07) is 9.55. The van der Waals surface area contributed by atoms with Crippen LogP contribution in [0.3, 0.4) is 0 Å². The third-order valence-corrected chi connectivity index (χ3v) is 8.24. The van der Waals surface area contributed by atoms with E-state index in [9.17, 15) is 23.2 Å². The Bertz CT molecular complexity index is 1380. The molecule has 2 aromatic carbocycles. The summed E-state index contributed by atoms with van der Waals surface area (Å²) in [6.07, 6.45) is -1.76. The van der Waals surface area contributed by atoms with Crippen molar-refractivity contribution in [2.75, 3.05) is 98.4 Å². The molecule has 4 heterocycles. The van der Waals surface area contributed by atoms with E-state index in [1.54, 1.807) is 31.2 Å². The van der Waals surface area contributed by atoms with Gasteiger partial charge in [0, 0.05) is 33.1 Å². The van der Waals surface area contributed by atoms with Crippen LogP contribution in [0.25, 0.3) is 0 Å². The molecule has 0 bridgehead atoms. The van der Waals surface area contributed by atoms with Gasteiger partial charge in [-0.05, 0) is 43.3 Å². The number of ether oxygens (including phenoxy) is 4. The van der Waals surface area contributed by atoms with Gasteiger partial charge in [-0.15, -0.1) is 0 Å². The standard InChI is InChI=1S/C16H20FN3O4.C16H20FN3O3S/c1-11(21)18-9-13-10-20(16(22)24-13)12-2-3-15(14(17)8-12)19-4-6-23-7-5-19;1-11(24)18-9-13-10-20(16(21)23-13)12-2-3-15(14(17)8-12)19-4-6-22-7-5-19/h2-3,8,13H,4-7,9-10H2,1H3,(H,18,21);2-3,8,13H,4-7,9-10H2,1H3,(H,18,24)/t2*13-/m00/s1. The number of cyclic esters (lactones) is 2. The number of morpholine rings is 2. The zero-order chi connectivity index (χ0) is 34.2. The van der Waals surface area contributed by atoms with Crippen LogP contribution in [0.5, 0.6) is 0 Å². The van der Waals surface area contributed by atoms with Gasteiger partial charge >= 0.3 is 12.2 Å². The minimum Gasteiger partial charge on any atom is -0.442 e. The summed E-state index contributed by atoms with van der Waals surface area (Å²) in [5.41, 5.74) is 1.98. The molecule has 260 valence electrons. The van der Waals surface area contributed by atoms with Crippen LogP contribution in [-0.2, 0) is 23.7 Å². The number of halogens is 2. The highest BCUT2D eigenvalue weighted by Crippen LogP contribution is 2.30. The van der Waals surface area contributed by atoms with Crippen LogP contribution in [0.2, 0.25) is 0 Å². The Morgan fingerprint density at radius 2 is 1.17 bits per heavy atom. The van der Waals surface area contributed by atoms with Crippen LogP contribution >= 0.6 is 12.2 Å². The zero-order valence-corrected chi connectivity index (χ0v) is 27.7. The van der Waals surface area contributed by atoms with Gasteiger partial charge in [0.1, 0.15) is 23.8 Å². The van der Waals surface area contributed by atoms with E-state index < -0.39 is 18.3 Å². The monoisotopic (exact) mass is 690 g/mol. The maximum absolute atomic E-state index is 14.5. The lowest BCUT2D eigenvalue weighted by molar-refractivity contribution is -0.119. The van der Waals surface area contributed by atoms with Crippen molar-refractivity contribution >= 4 is 58.0 Å². The van der Waals surface area contributed by atoms with E-state index in [-0.39, 0.29) is 36.7 Å². The van der Waals surface area contributed by atoms with Gasteiger partial charge in [-0.2, -0.15) is 0 Å². The fourth-order valence-corrected chi connectivity index (χ4v) is 5.72. The van der Waals surface area contributed by atoms with Gasteiger partial charge in [0.15, 0.2) is 0 Å². The molecule has 16 heteroatoms. The third kappa shape index (κ3) is 8.99. The number of benzene rings is 2. The summed E-state index contributed by atoms with van der Waals surface area (Å²) in [6.45, 7) is 9.42.